The second kappa shape index (κ2) is 4.54. The zero-order valence-electron chi connectivity index (χ0n) is 11.1. The summed E-state index contributed by atoms with van der Waals surface area (Å²) in [6.07, 6.45) is 0. The molecule has 0 aliphatic rings. The summed E-state index contributed by atoms with van der Waals surface area (Å²) in [7, 11) is 0. The van der Waals surface area contributed by atoms with Crippen molar-refractivity contribution in [3.8, 4) is 11.1 Å². The Morgan fingerprint density at radius 1 is 0.857 bits per heavy atom. The van der Waals surface area contributed by atoms with E-state index in [0.29, 0.717) is 10.7 Å². The van der Waals surface area contributed by atoms with Crippen molar-refractivity contribution >= 4 is 39.2 Å². The highest BCUT2D eigenvalue weighted by molar-refractivity contribution is 6.33. The number of hydrogen-bond donors (Lipinski definition) is 1. The Morgan fingerprint density at radius 2 is 1.67 bits per heavy atom. The molecule has 0 aliphatic carbocycles. The quantitative estimate of drug-likeness (QED) is 0.471. The third-order valence-corrected chi connectivity index (χ3v) is 4.06. The normalized spacial score (nSPS) is 11.3. The molecular formula is C18H12ClNO. The SMILES string of the molecule is Nc1cc(-c2cccc3c2oc2ccccc23)ccc1Cl. The standard InChI is InChI=1S/C18H12ClNO/c19-15-9-8-11(10-16(15)20)12-5-3-6-14-13-4-1-2-7-17(13)21-18(12)14/h1-10H,20H2. The average Bonchev–Trinajstić information content (AvgIpc) is 2.89. The van der Waals surface area contributed by atoms with E-state index < -0.39 is 0 Å². The van der Waals surface area contributed by atoms with Gasteiger partial charge >= 0.3 is 0 Å². The molecule has 0 atom stereocenters. The molecule has 102 valence electrons. The summed E-state index contributed by atoms with van der Waals surface area (Å²) in [4.78, 5) is 0. The zero-order valence-corrected chi connectivity index (χ0v) is 11.9. The fourth-order valence-corrected chi connectivity index (χ4v) is 2.80. The molecule has 0 aliphatic heterocycles. The molecule has 2 N–H and O–H groups in total. The van der Waals surface area contributed by atoms with Crippen LogP contribution in [0.5, 0.6) is 0 Å². The number of rotatable bonds is 1. The monoisotopic (exact) mass is 293 g/mol. The molecule has 0 unspecified atom stereocenters. The number of fused-ring (bicyclic) bond motifs is 3. The molecule has 0 radical (unpaired) electrons. The predicted molar refractivity (Wildman–Crippen MR) is 88.6 cm³/mol. The van der Waals surface area contributed by atoms with Gasteiger partial charge in [-0.3, -0.25) is 0 Å². The Balaban J connectivity index is 2.06. The Hall–Kier alpha value is -2.45. The summed E-state index contributed by atoms with van der Waals surface area (Å²) >= 11 is 6.00. The molecular weight excluding hydrogens is 282 g/mol. The van der Waals surface area contributed by atoms with Gasteiger partial charge in [-0.05, 0) is 23.8 Å². The van der Waals surface area contributed by atoms with Crippen molar-refractivity contribution in [2.45, 2.75) is 0 Å². The largest absolute Gasteiger partial charge is 0.455 e. The molecule has 3 aromatic carbocycles. The van der Waals surface area contributed by atoms with E-state index in [1.165, 1.54) is 0 Å². The first-order valence-corrected chi connectivity index (χ1v) is 7.07. The second-order valence-corrected chi connectivity index (χ2v) is 5.42. The van der Waals surface area contributed by atoms with E-state index in [0.717, 1.165) is 33.1 Å². The van der Waals surface area contributed by atoms with Crippen LogP contribution in [0.4, 0.5) is 5.69 Å². The fourth-order valence-electron chi connectivity index (χ4n) is 2.69. The van der Waals surface area contributed by atoms with Crippen molar-refractivity contribution in [3.05, 3.63) is 65.7 Å². The number of hydrogen-bond acceptors (Lipinski definition) is 2. The van der Waals surface area contributed by atoms with Gasteiger partial charge in [0.1, 0.15) is 11.2 Å². The van der Waals surface area contributed by atoms with Gasteiger partial charge in [0.2, 0.25) is 0 Å². The van der Waals surface area contributed by atoms with Crippen LogP contribution in [-0.4, -0.2) is 0 Å². The first-order chi connectivity index (χ1) is 10.2. The molecule has 0 saturated carbocycles. The summed E-state index contributed by atoms with van der Waals surface area (Å²) in [5.74, 6) is 0. The van der Waals surface area contributed by atoms with Crippen LogP contribution in [0.2, 0.25) is 5.02 Å². The second-order valence-electron chi connectivity index (χ2n) is 5.02. The highest BCUT2D eigenvalue weighted by atomic mass is 35.5. The molecule has 0 saturated heterocycles. The van der Waals surface area contributed by atoms with E-state index in [9.17, 15) is 0 Å². The van der Waals surface area contributed by atoms with Crippen LogP contribution in [0.25, 0.3) is 33.1 Å². The van der Waals surface area contributed by atoms with Crippen molar-refractivity contribution in [2.75, 3.05) is 5.73 Å². The van der Waals surface area contributed by atoms with E-state index in [4.69, 9.17) is 21.8 Å². The smallest absolute Gasteiger partial charge is 0.143 e. The van der Waals surface area contributed by atoms with E-state index in [2.05, 4.69) is 12.1 Å². The number of nitrogen functional groups attached to an aromatic ring is 1. The molecule has 1 heterocycles. The molecule has 0 fully saturated rings. The Labute approximate surface area is 126 Å². The van der Waals surface area contributed by atoms with E-state index in [1.807, 2.05) is 48.5 Å². The Morgan fingerprint density at radius 3 is 2.52 bits per heavy atom. The molecule has 1 aromatic heterocycles. The lowest BCUT2D eigenvalue weighted by molar-refractivity contribution is 0.670. The molecule has 4 aromatic rings. The molecule has 21 heavy (non-hydrogen) atoms. The van der Waals surface area contributed by atoms with Gasteiger partial charge in [0.25, 0.3) is 0 Å². The van der Waals surface area contributed by atoms with Crippen LogP contribution in [0.3, 0.4) is 0 Å². The van der Waals surface area contributed by atoms with Crippen LogP contribution in [0, 0.1) is 0 Å². The summed E-state index contributed by atoms with van der Waals surface area (Å²) in [5.41, 5.74) is 10.3. The van der Waals surface area contributed by atoms with Crippen LogP contribution in [-0.2, 0) is 0 Å². The van der Waals surface area contributed by atoms with Gasteiger partial charge in [-0.1, -0.05) is 54.1 Å². The van der Waals surface area contributed by atoms with Crippen molar-refractivity contribution in [2.24, 2.45) is 0 Å². The Bertz CT molecular complexity index is 971. The minimum absolute atomic E-state index is 0.565. The maximum Gasteiger partial charge on any atom is 0.143 e. The molecule has 0 amide bonds. The van der Waals surface area contributed by atoms with Crippen LogP contribution >= 0.6 is 11.6 Å². The summed E-state index contributed by atoms with van der Waals surface area (Å²) in [6, 6.07) is 19.8. The first-order valence-electron chi connectivity index (χ1n) is 6.70. The lowest BCUT2D eigenvalue weighted by Gasteiger charge is -2.05. The molecule has 0 spiro atoms. The predicted octanol–water partition coefficient (Wildman–Crippen LogP) is 5.49. The molecule has 3 heteroatoms. The van der Waals surface area contributed by atoms with Crippen LogP contribution in [0.15, 0.2) is 65.1 Å². The van der Waals surface area contributed by atoms with Crippen LogP contribution < -0.4 is 5.73 Å². The molecule has 0 bridgehead atoms. The maximum absolute atomic E-state index is 6.03. The van der Waals surface area contributed by atoms with Crippen LogP contribution in [0.1, 0.15) is 0 Å². The third kappa shape index (κ3) is 1.88. The number of halogens is 1. The Kier molecular flexibility index (Phi) is 2.66. The van der Waals surface area contributed by atoms with E-state index in [1.54, 1.807) is 0 Å². The van der Waals surface area contributed by atoms with Crippen molar-refractivity contribution in [3.63, 3.8) is 0 Å². The number of anilines is 1. The molecule has 4 rings (SSSR count). The van der Waals surface area contributed by atoms with Gasteiger partial charge in [0.15, 0.2) is 0 Å². The molecule has 2 nitrogen and oxygen atoms in total. The summed E-state index contributed by atoms with van der Waals surface area (Å²) in [5, 5.41) is 2.79. The van der Waals surface area contributed by atoms with Crippen molar-refractivity contribution in [1.29, 1.82) is 0 Å². The number of para-hydroxylation sites is 2. The summed E-state index contributed by atoms with van der Waals surface area (Å²) < 4.78 is 6.03. The van der Waals surface area contributed by atoms with E-state index in [-0.39, 0.29) is 0 Å². The number of benzene rings is 3. The number of nitrogens with two attached hydrogens (primary N) is 1. The highest BCUT2D eigenvalue weighted by Gasteiger charge is 2.12. The topological polar surface area (TPSA) is 39.2 Å². The third-order valence-electron chi connectivity index (χ3n) is 3.71. The van der Waals surface area contributed by atoms with Crippen molar-refractivity contribution < 1.29 is 4.42 Å². The first kappa shape index (κ1) is 12.3. The fraction of sp³-hybridized carbons (Fsp3) is 0. The van der Waals surface area contributed by atoms with Crippen molar-refractivity contribution in [1.82, 2.24) is 0 Å². The minimum atomic E-state index is 0.565. The maximum atomic E-state index is 6.03. The van der Waals surface area contributed by atoms with Gasteiger partial charge < -0.3 is 10.2 Å². The van der Waals surface area contributed by atoms with Gasteiger partial charge in [0, 0.05) is 16.3 Å². The lowest BCUT2D eigenvalue weighted by atomic mass is 10.0. The van der Waals surface area contributed by atoms with Gasteiger partial charge in [-0.2, -0.15) is 0 Å². The lowest BCUT2D eigenvalue weighted by Crippen LogP contribution is -1.87. The minimum Gasteiger partial charge on any atom is -0.455 e. The number of furan rings is 1. The zero-order chi connectivity index (χ0) is 14.4. The van der Waals surface area contributed by atoms with Gasteiger partial charge in [0.05, 0.1) is 10.7 Å². The average molecular weight is 294 g/mol. The van der Waals surface area contributed by atoms with E-state index >= 15 is 0 Å². The van der Waals surface area contributed by atoms with Gasteiger partial charge in [-0.15, -0.1) is 0 Å². The highest BCUT2D eigenvalue weighted by Crippen LogP contribution is 2.36. The summed E-state index contributed by atoms with van der Waals surface area (Å²) in [6.45, 7) is 0. The van der Waals surface area contributed by atoms with Gasteiger partial charge in [-0.25, -0.2) is 0 Å².